The van der Waals surface area contributed by atoms with E-state index in [0.29, 0.717) is 6.42 Å². The van der Waals surface area contributed by atoms with Crippen molar-refractivity contribution >= 4 is 17.8 Å². The van der Waals surface area contributed by atoms with Gasteiger partial charge in [0.25, 0.3) is 0 Å². The van der Waals surface area contributed by atoms with Gasteiger partial charge in [-0.2, -0.15) is 0 Å². The molecule has 2 atom stereocenters. The van der Waals surface area contributed by atoms with Crippen molar-refractivity contribution in [2.75, 3.05) is 13.6 Å². The summed E-state index contributed by atoms with van der Waals surface area (Å²) in [7, 11) is 1.57. The minimum atomic E-state index is -0.968. The van der Waals surface area contributed by atoms with Crippen molar-refractivity contribution in [3.05, 3.63) is 35.9 Å². The quantitative estimate of drug-likeness (QED) is 0.208. The van der Waals surface area contributed by atoms with Gasteiger partial charge in [-0.3, -0.25) is 14.4 Å². The molecule has 0 aromatic heterocycles. The molecule has 0 aliphatic carbocycles. The van der Waals surface area contributed by atoms with E-state index in [1.54, 1.807) is 7.05 Å². The van der Waals surface area contributed by atoms with Gasteiger partial charge in [0.15, 0.2) is 0 Å². The lowest BCUT2D eigenvalue weighted by atomic mass is 9.94. The first kappa shape index (κ1) is 29.7. The van der Waals surface area contributed by atoms with Crippen molar-refractivity contribution < 1.29 is 19.5 Å². The maximum absolute atomic E-state index is 12.8. The van der Waals surface area contributed by atoms with Crippen molar-refractivity contribution in [3.63, 3.8) is 0 Å². The van der Waals surface area contributed by atoms with Gasteiger partial charge >= 0.3 is 5.97 Å². The van der Waals surface area contributed by atoms with Gasteiger partial charge in [0.1, 0.15) is 0 Å². The molecular formula is C28H46N2O4. The molecule has 0 saturated carbocycles. The normalized spacial score (nSPS) is 12.6. The van der Waals surface area contributed by atoms with Crippen molar-refractivity contribution in [1.82, 2.24) is 10.6 Å². The summed E-state index contributed by atoms with van der Waals surface area (Å²) in [6, 6.07) is 9.29. The van der Waals surface area contributed by atoms with Crippen molar-refractivity contribution in [2.45, 2.75) is 103 Å². The van der Waals surface area contributed by atoms with Crippen LogP contribution in [0.5, 0.6) is 0 Å². The van der Waals surface area contributed by atoms with E-state index in [-0.39, 0.29) is 24.8 Å². The van der Waals surface area contributed by atoms with Crippen molar-refractivity contribution in [1.29, 1.82) is 0 Å². The number of carbonyl (C=O) groups is 3. The van der Waals surface area contributed by atoms with E-state index in [1.807, 2.05) is 30.3 Å². The van der Waals surface area contributed by atoms with Crippen LogP contribution in [0.2, 0.25) is 0 Å². The van der Waals surface area contributed by atoms with E-state index >= 15 is 0 Å². The molecule has 0 spiro atoms. The molecule has 6 nitrogen and oxygen atoms in total. The highest BCUT2D eigenvalue weighted by Crippen LogP contribution is 2.19. The fraction of sp³-hybridized carbons (Fsp3) is 0.679. The molecule has 0 bridgehead atoms. The zero-order chi connectivity index (χ0) is 25.0. The van der Waals surface area contributed by atoms with E-state index in [9.17, 15) is 19.5 Å². The van der Waals surface area contributed by atoms with E-state index in [0.717, 1.165) is 24.8 Å². The van der Waals surface area contributed by atoms with Gasteiger partial charge in [-0.05, 0) is 12.0 Å². The maximum atomic E-state index is 12.8. The third kappa shape index (κ3) is 13.4. The second-order valence-electron chi connectivity index (χ2n) is 9.30. The number of hydrogen-bond donors (Lipinski definition) is 3. The van der Waals surface area contributed by atoms with Gasteiger partial charge in [-0.1, -0.05) is 114 Å². The van der Waals surface area contributed by atoms with E-state index in [2.05, 4.69) is 17.6 Å². The number of rotatable bonds is 20. The SMILES string of the molecule is CCCCCCCCCCCCCCC(CC(=O)O)C(=O)NCC(C(=O)NC)c1ccccc1. The summed E-state index contributed by atoms with van der Waals surface area (Å²) in [6.45, 7) is 2.39. The number of hydrogen-bond acceptors (Lipinski definition) is 3. The van der Waals surface area contributed by atoms with Crippen LogP contribution in [-0.4, -0.2) is 36.5 Å². The Balaban J connectivity index is 2.35. The average Bonchev–Trinajstić information content (AvgIpc) is 2.84. The van der Waals surface area contributed by atoms with Crippen LogP contribution in [-0.2, 0) is 14.4 Å². The van der Waals surface area contributed by atoms with Crippen LogP contribution in [0.1, 0.15) is 108 Å². The number of carboxylic acid groups (broad SMARTS) is 1. The van der Waals surface area contributed by atoms with Crippen LogP contribution in [0.4, 0.5) is 0 Å². The van der Waals surface area contributed by atoms with Crippen molar-refractivity contribution in [2.24, 2.45) is 5.92 Å². The number of carboxylic acids is 1. The molecule has 3 N–H and O–H groups in total. The lowest BCUT2D eigenvalue weighted by molar-refractivity contribution is -0.141. The Morgan fingerprint density at radius 1 is 0.794 bits per heavy atom. The molecule has 34 heavy (non-hydrogen) atoms. The molecule has 0 fully saturated rings. The smallest absolute Gasteiger partial charge is 0.304 e. The first-order chi connectivity index (χ1) is 16.5. The molecule has 0 radical (unpaired) electrons. The lowest BCUT2D eigenvalue weighted by Crippen LogP contribution is -2.39. The minimum absolute atomic E-state index is 0.150. The van der Waals surface area contributed by atoms with Gasteiger partial charge < -0.3 is 15.7 Å². The Bertz CT molecular complexity index is 693. The van der Waals surface area contributed by atoms with Crippen LogP contribution >= 0.6 is 0 Å². The van der Waals surface area contributed by atoms with Crippen LogP contribution in [0.3, 0.4) is 0 Å². The second-order valence-corrected chi connectivity index (χ2v) is 9.30. The number of amides is 2. The predicted molar refractivity (Wildman–Crippen MR) is 138 cm³/mol. The zero-order valence-electron chi connectivity index (χ0n) is 21.3. The first-order valence-corrected chi connectivity index (χ1v) is 13.3. The monoisotopic (exact) mass is 474 g/mol. The standard InChI is InChI=1S/C28H46N2O4/c1-3-4-5-6-7-8-9-10-11-12-13-15-20-24(21-26(31)32)27(33)30-22-25(28(34)29-2)23-18-16-14-17-19-23/h14,16-19,24-25H,3-13,15,20-22H2,1-2H3,(H,29,34)(H,30,33)(H,31,32). The van der Waals surface area contributed by atoms with Gasteiger partial charge in [0.2, 0.25) is 11.8 Å². The number of nitrogens with one attached hydrogen (secondary N) is 2. The predicted octanol–water partition coefficient (Wildman–Crippen LogP) is 5.81. The summed E-state index contributed by atoms with van der Waals surface area (Å²) in [5, 5.41) is 14.7. The fourth-order valence-corrected chi connectivity index (χ4v) is 4.34. The maximum Gasteiger partial charge on any atom is 0.304 e. The summed E-state index contributed by atoms with van der Waals surface area (Å²) in [4.78, 5) is 36.4. The Labute approximate surface area is 206 Å². The molecule has 6 heteroatoms. The van der Waals surface area contributed by atoms with Crippen molar-refractivity contribution in [3.8, 4) is 0 Å². The van der Waals surface area contributed by atoms with Crippen LogP contribution in [0, 0.1) is 5.92 Å². The third-order valence-corrected chi connectivity index (χ3v) is 6.44. The van der Waals surface area contributed by atoms with Gasteiger partial charge in [0, 0.05) is 19.5 Å². The minimum Gasteiger partial charge on any atom is -0.481 e. The van der Waals surface area contributed by atoms with Gasteiger partial charge in [-0.25, -0.2) is 0 Å². The second kappa shape index (κ2) is 19.0. The molecule has 0 aliphatic heterocycles. The molecule has 0 heterocycles. The molecule has 1 aromatic rings. The summed E-state index contributed by atoms with van der Waals surface area (Å²) in [5.41, 5.74) is 0.817. The number of aliphatic carboxylic acids is 1. The number of unbranched alkanes of at least 4 members (excludes halogenated alkanes) is 11. The number of likely N-dealkylation sites (N-methyl/N-ethyl adjacent to an activating group) is 1. The van der Waals surface area contributed by atoms with Gasteiger partial charge in [-0.15, -0.1) is 0 Å². The lowest BCUT2D eigenvalue weighted by Gasteiger charge is -2.19. The highest BCUT2D eigenvalue weighted by atomic mass is 16.4. The molecule has 1 aromatic carbocycles. The Morgan fingerprint density at radius 3 is 1.82 bits per heavy atom. The topological polar surface area (TPSA) is 95.5 Å². The molecule has 192 valence electrons. The van der Waals surface area contributed by atoms with E-state index in [4.69, 9.17) is 0 Å². The summed E-state index contributed by atoms with van der Waals surface area (Å²) in [6.07, 6.45) is 15.2. The highest BCUT2D eigenvalue weighted by molar-refractivity contribution is 5.86. The van der Waals surface area contributed by atoms with Crippen LogP contribution < -0.4 is 10.6 Å². The number of carbonyl (C=O) groups excluding carboxylic acids is 2. The largest absolute Gasteiger partial charge is 0.481 e. The Hall–Kier alpha value is -2.37. The molecule has 0 aliphatic rings. The molecule has 2 amide bonds. The van der Waals surface area contributed by atoms with E-state index < -0.39 is 17.8 Å². The third-order valence-electron chi connectivity index (χ3n) is 6.44. The van der Waals surface area contributed by atoms with Crippen LogP contribution in [0.25, 0.3) is 0 Å². The van der Waals surface area contributed by atoms with E-state index in [1.165, 1.54) is 57.8 Å². The number of benzene rings is 1. The molecular weight excluding hydrogens is 428 g/mol. The summed E-state index contributed by atoms with van der Waals surface area (Å²) < 4.78 is 0. The Morgan fingerprint density at radius 2 is 1.32 bits per heavy atom. The average molecular weight is 475 g/mol. The highest BCUT2D eigenvalue weighted by Gasteiger charge is 2.25. The van der Waals surface area contributed by atoms with Crippen LogP contribution in [0.15, 0.2) is 30.3 Å². The summed E-state index contributed by atoms with van der Waals surface area (Å²) in [5.74, 6) is -2.50. The zero-order valence-corrected chi connectivity index (χ0v) is 21.3. The molecule has 1 rings (SSSR count). The first-order valence-electron chi connectivity index (χ1n) is 13.3. The molecule has 0 saturated heterocycles. The molecule has 2 unspecified atom stereocenters. The Kier molecular flexibility index (Phi) is 16.6. The fourth-order valence-electron chi connectivity index (χ4n) is 4.34. The summed E-state index contributed by atoms with van der Waals surface area (Å²) >= 11 is 0. The van der Waals surface area contributed by atoms with Gasteiger partial charge in [0.05, 0.1) is 12.3 Å².